The Balaban J connectivity index is 1.52. The van der Waals surface area contributed by atoms with Gasteiger partial charge in [0.15, 0.2) is 0 Å². The SMILES string of the molecule is N=C(N)c1ccc2sc(CC(C(=O)O)c3ccc(O[C@H]4CCNC4)cc3)cc2c1. The second-order valence-corrected chi connectivity index (χ2v) is 8.44. The Morgan fingerprint density at radius 1 is 1.28 bits per heavy atom. The number of ether oxygens (including phenoxy) is 1. The fourth-order valence-corrected chi connectivity index (χ4v) is 4.71. The minimum absolute atomic E-state index is 0.0266. The topological polar surface area (TPSA) is 108 Å². The summed E-state index contributed by atoms with van der Waals surface area (Å²) >= 11 is 1.58. The van der Waals surface area contributed by atoms with Crippen LogP contribution in [0.3, 0.4) is 0 Å². The number of nitrogen functional groups attached to an aromatic ring is 1. The average molecular weight is 410 g/mol. The molecule has 1 aliphatic heterocycles. The fraction of sp³-hybridized carbons (Fsp3) is 0.273. The lowest BCUT2D eigenvalue weighted by atomic mass is 9.95. The van der Waals surface area contributed by atoms with E-state index in [9.17, 15) is 9.90 Å². The summed E-state index contributed by atoms with van der Waals surface area (Å²) in [6.07, 6.45) is 1.57. The molecular formula is C22H23N3O3S. The molecule has 2 aromatic carbocycles. The number of fused-ring (bicyclic) bond motifs is 1. The standard InChI is InChI=1S/C22H23N3O3S/c23-21(24)14-3-6-20-15(9-14)10-18(29-20)11-19(22(26)27)13-1-4-16(5-2-13)28-17-7-8-25-12-17/h1-6,9-10,17,19,25H,7-8,11-12H2,(H3,23,24)(H,26,27)/t17-,19?/m0/s1. The molecule has 2 atom stereocenters. The largest absolute Gasteiger partial charge is 0.489 e. The lowest BCUT2D eigenvalue weighted by molar-refractivity contribution is -0.138. The van der Waals surface area contributed by atoms with Crippen LogP contribution in [0, 0.1) is 5.41 Å². The molecule has 1 aromatic heterocycles. The lowest BCUT2D eigenvalue weighted by Gasteiger charge is -2.15. The summed E-state index contributed by atoms with van der Waals surface area (Å²) in [4.78, 5) is 12.9. The maximum Gasteiger partial charge on any atom is 0.311 e. The molecule has 1 saturated heterocycles. The second-order valence-electron chi connectivity index (χ2n) is 7.28. The number of rotatable bonds is 7. The number of carbonyl (C=O) groups is 1. The Bertz CT molecular complexity index is 1040. The van der Waals surface area contributed by atoms with Crippen LogP contribution in [0.15, 0.2) is 48.5 Å². The number of thiophene rings is 1. The Hall–Kier alpha value is -2.90. The Morgan fingerprint density at radius 3 is 2.72 bits per heavy atom. The number of nitrogens with one attached hydrogen (secondary N) is 2. The van der Waals surface area contributed by atoms with E-state index in [0.717, 1.165) is 45.8 Å². The van der Waals surface area contributed by atoms with Crippen molar-refractivity contribution < 1.29 is 14.6 Å². The first-order valence-electron chi connectivity index (χ1n) is 9.56. The summed E-state index contributed by atoms with van der Waals surface area (Å²) in [6.45, 7) is 1.81. The van der Waals surface area contributed by atoms with Crippen molar-refractivity contribution in [1.82, 2.24) is 5.32 Å². The Morgan fingerprint density at radius 2 is 2.07 bits per heavy atom. The highest BCUT2D eigenvalue weighted by atomic mass is 32.1. The van der Waals surface area contributed by atoms with Crippen molar-refractivity contribution >= 4 is 33.2 Å². The Kier molecular flexibility index (Phi) is 5.51. The second kappa shape index (κ2) is 8.23. The number of aliphatic carboxylic acids is 1. The first-order chi connectivity index (χ1) is 14.0. The molecule has 150 valence electrons. The first-order valence-corrected chi connectivity index (χ1v) is 10.4. The summed E-state index contributed by atoms with van der Waals surface area (Å²) < 4.78 is 6.98. The molecule has 0 radical (unpaired) electrons. The molecule has 5 N–H and O–H groups in total. The van der Waals surface area contributed by atoms with Gasteiger partial charge in [-0.1, -0.05) is 12.1 Å². The third kappa shape index (κ3) is 4.41. The summed E-state index contributed by atoms with van der Waals surface area (Å²) in [5.74, 6) is -0.679. The molecular weight excluding hydrogens is 386 g/mol. The predicted octanol–water partition coefficient (Wildman–Crippen LogP) is 3.34. The fourth-order valence-electron chi connectivity index (χ4n) is 3.62. The van der Waals surface area contributed by atoms with Gasteiger partial charge in [0.25, 0.3) is 0 Å². The number of carboxylic acids is 1. The zero-order valence-corrected chi connectivity index (χ0v) is 16.7. The molecule has 7 heteroatoms. The number of amidine groups is 1. The minimum Gasteiger partial charge on any atom is -0.489 e. The number of hydrogen-bond donors (Lipinski definition) is 4. The van der Waals surface area contributed by atoms with Crippen molar-refractivity contribution in [1.29, 1.82) is 5.41 Å². The van der Waals surface area contributed by atoms with Crippen molar-refractivity contribution in [2.24, 2.45) is 5.73 Å². The average Bonchev–Trinajstić information content (AvgIpc) is 3.35. The molecule has 0 aliphatic carbocycles. The van der Waals surface area contributed by atoms with E-state index in [2.05, 4.69) is 5.32 Å². The first kappa shape index (κ1) is 19.4. The van der Waals surface area contributed by atoms with Crippen molar-refractivity contribution in [2.75, 3.05) is 13.1 Å². The minimum atomic E-state index is -0.847. The lowest BCUT2D eigenvalue weighted by Crippen LogP contribution is -2.19. The maximum absolute atomic E-state index is 11.9. The molecule has 2 heterocycles. The maximum atomic E-state index is 11.9. The molecule has 0 amide bonds. The van der Waals surface area contributed by atoms with Crippen LogP contribution in [0.25, 0.3) is 10.1 Å². The van der Waals surface area contributed by atoms with Gasteiger partial charge in [-0.05, 0) is 66.7 Å². The molecule has 0 saturated carbocycles. The van der Waals surface area contributed by atoms with Crippen molar-refractivity contribution in [3.63, 3.8) is 0 Å². The smallest absolute Gasteiger partial charge is 0.311 e. The van der Waals surface area contributed by atoms with Gasteiger partial charge in [0.2, 0.25) is 0 Å². The van der Waals surface area contributed by atoms with Crippen LogP contribution in [0.1, 0.15) is 28.3 Å². The molecule has 1 aliphatic rings. The van der Waals surface area contributed by atoms with E-state index in [4.69, 9.17) is 15.9 Å². The van der Waals surface area contributed by atoms with Crippen LogP contribution >= 0.6 is 11.3 Å². The molecule has 6 nitrogen and oxygen atoms in total. The normalized spacial score (nSPS) is 17.3. The third-order valence-corrected chi connectivity index (χ3v) is 6.32. The van der Waals surface area contributed by atoms with Crippen molar-refractivity contribution in [3.8, 4) is 5.75 Å². The van der Waals surface area contributed by atoms with Crippen LogP contribution in [0.4, 0.5) is 0 Å². The Labute approximate surface area is 172 Å². The van der Waals surface area contributed by atoms with Gasteiger partial charge in [0.1, 0.15) is 17.7 Å². The van der Waals surface area contributed by atoms with E-state index in [1.165, 1.54) is 0 Å². The molecule has 1 unspecified atom stereocenters. The summed E-state index contributed by atoms with van der Waals surface area (Å²) in [6, 6.07) is 15.0. The predicted molar refractivity (Wildman–Crippen MR) is 115 cm³/mol. The highest BCUT2D eigenvalue weighted by Gasteiger charge is 2.22. The van der Waals surface area contributed by atoms with E-state index in [0.29, 0.717) is 12.0 Å². The molecule has 4 rings (SSSR count). The van der Waals surface area contributed by atoms with E-state index < -0.39 is 11.9 Å². The van der Waals surface area contributed by atoms with Gasteiger partial charge in [-0.15, -0.1) is 11.3 Å². The quantitative estimate of drug-likeness (QED) is 0.354. The van der Waals surface area contributed by atoms with Gasteiger partial charge in [-0.3, -0.25) is 10.2 Å². The zero-order chi connectivity index (χ0) is 20.4. The van der Waals surface area contributed by atoms with E-state index in [1.54, 1.807) is 11.3 Å². The monoisotopic (exact) mass is 409 g/mol. The van der Waals surface area contributed by atoms with Gasteiger partial charge >= 0.3 is 5.97 Å². The van der Waals surface area contributed by atoms with Crippen molar-refractivity contribution in [2.45, 2.75) is 24.9 Å². The molecule has 29 heavy (non-hydrogen) atoms. The van der Waals surface area contributed by atoms with E-state index >= 15 is 0 Å². The summed E-state index contributed by atoms with van der Waals surface area (Å²) in [7, 11) is 0. The van der Waals surface area contributed by atoms with Crippen LogP contribution in [0.2, 0.25) is 0 Å². The van der Waals surface area contributed by atoms with Gasteiger partial charge < -0.3 is 20.9 Å². The van der Waals surface area contributed by atoms with Crippen molar-refractivity contribution in [3.05, 3.63) is 64.5 Å². The molecule has 0 bridgehead atoms. The number of carboxylic acid groups (broad SMARTS) is 1. The highest BCUT2D eigenvalue weighted by Crippen LogP contribution is 2.31. The van der Waals surface area contributed by atoms with Gasteiger partial charge in [-0.2, -0.15) is 0 Å². The molecule has 0 spiro atoms. The number of benzene rings is 2. The van der Waals surface area contributed by atoms with Gasteiger partial charge in [0.05, 0.1) is 5.92 Å². The summed E-state index contributed by atoms with van der Waals surface area (Å²) in [5.41, 5.74) is 7.00. The van der Waals surface area contributed by atoms with Gasteiger partial charge in [0, 0.05) is 21.7 Å². The molecule has 3 aromatic rings. The summed E-state index contributed by atoms with van der Waals surface area (Å²) in [5, 5.41) is 21.6. The highest BCUT2D eigenvalue weighted by molar-refractivity contribution is 7.19. The third-order valence-electron chi connectivity index (χ3n) is 5.18. The van der Waals surface area contributed by atoms with E-state index in [1.807, 2.05) is 48.5 Å². The van der Waals surface area contributed by atoms with Crippen LogP contribution in [-0.4, -0.2) is 36.1 Å². The zero-order valence-electron chi connectivity index (χ0n) is 15.9. The number of nitrogens with two attached hydrogens (primary N) is 1. The van der Waals surface area contributed by atoms with Crippen LogP contribution in [0.5, 0.6) is 5.75 Å². The van der Waals surface area contributed by atoms with Crippen LogP contribution < -0.4 is 15.8 Å². The van der Waals surface area contributed by atoms with E-state index in [-0.39, 0.29) is 11.9 Å². The van der Waals surface area contributed by atoms with Gasteiger partial charge in [-0.25, -0.2) is 0 Å². The molecule has 1 fully saturated rings. The number of hydrogen-bond acceptors (Lipinski definition) is 5. The van der Waals surface area contributed by atoms with Crippen LogP contribution in [-0.2, 0) is 11.2 Å².